The first-order valence-corrected chi connectivity index (χ1v) is 8.56. The van der Waals surface area contributed by atoms with Crippen LogP contribution in [0.15, 0.2) is 66.1 Å². The van der Waals surface area contributed by atoms with Crippen LogP contribution in [0.3, 0.4) is 0 Å². The second kappa shape index (κ2) is 6.72. The Bertz CT molecular complexity index is 938. The molecule has 0 saturated carbocycles. The van der Waals surface area contributed by atoms with Crippen LogP contribution in [-0.2, 0) is 5.75 Å². The third kappa shape index (κ3) is 3.38. The molecular weight excluding hydrogens is 318 g/mol. The number of benzene rings is 1. The van der Waals surface area contributed by atoms with E-state index in [1.807, 2.05) is 77.5 Å². The number of H-pyrrole nitrogens is 1. The number of hydrogen-bond donors (Lipinski definition) is 1. The number of nitrogens with zero attached hydrogens (tertiary/aromatic N) is 4. The molecule has 0 atom stereocenters. The van der Waals surface area contributed by atoms with E-state index >= 15 is 0 Å². The maximum absolute atomic E-state index is 4.57. The average Bonchev–Trinajstić information content (AvgIpc) is 3.25. The summed E-state index contributed by atoms with van der Waals surface area (Å²) in [7, 11) is 0. The minimum atomic E-state index is 0.722. The predicted octanol–water partition coefficient (Wildman–Crippen LogP) is 3.92. The van der Waals surface area contributed by atoms with E-state index in [0.29, 0.717) is 0 Å². The fourth-order valence-corrected chi connectivity index (χ4v) is 3.02. The molecule has 3 aromatic heterocycles. The topological polar surface area (TPSA) is 58.9 Å². The quantitative estimate of drug-likeness (QED) is 0.563. The van der Waals surface area contributed by atoms with Crippen molar-refractivity contribution in [3.63, 3.8) is 0 Å². The summed E-state index contributed by atoms with van der Waals surface area (Å²) in [5, 5.41) is 7.90. The van der Waals surface area contributed by atoms with Gasteiger partial charge in [-0.25, -0.2) is 9.97 Å². The van der Waals surface area contributed by atoms with Gasteiger partial charge in [0.25, 0.3) is 0 Å². The smallest absolute Gasteiger partial charge is 0.209 e. The molecule has 0 saturated heterocycles. The normalized spacial score (nSPS) is 11.5. The maximum atomic E-state index is 4.57. The van der Waals surface area contributed by atoms with Crippen LogP contribution in [0.1, 0.15) is 17.1 Å². The number of rotatable bonds is 5. The number of nitrogens with one attached hydrogen (secondary N) is 1. The van der Waals surface area contributed by atoms with Crippen molar-refractivity contribution in [2.45, 2.75) is 10.9 Å². The molecule has 0 radical (unpaired) electrons. The molecule has 0 aliphatic carbocycles. The number of thioether (sulfide) groups is 1. The summed E-state index contributed by atoms with van der Waals surface area (Å²) in [5.41, 5.74) is 3.10. The van der Waals surface area contributed by atoms with Crippen LogP contribution in [0.25, 0.3) is 17.8 Å². The van der Waals surface area contributed by atoms with Crippen LogP contribution in [-0.4, -0.2) is 24.6 Å². The molecular formula is C18H15N5S. The SMILES string of the molecule is C(=C\c1nc(SCc2cn3ccccc3n2)n[nH]1)/c1ccccc1. The van der Waals surface area contributed by atoms with Gasteiger partial charge in [0, 0.05) is 18.1 Å². The van der Waals surface area contributed by atoms with E-state index in [0.717, 1.165) is 33.6 Å². The molecule has 0 aliphatic heterocycles. The van der Waals surface area contributed by atoms with Gasteiger partial charge in [-0.1, -0.05) is 54.2 Å². The number of imidazole rings is 1. The van der Waals surface area contributed by atoms with Gasteiger partial charge in [0.1, 0.15) is 11.5 Å². The van der Waals surface area contributed by atoms with Crippen LogP contribution in [0.5, 0.6) is 0 Å². The first-order valence-electron chi connectivity index (χ1n) is 7.58. The molecule has 6 heteroatoms. The van der Waals surface area contributed by atoms with Crippen molar-refractivity contribution in [1.29, 1.82) is 0 Å². The van der Waals surface area contributed by atoms with Crippen LogP contribution < -0.4 is 0 Å². The van der Waals surface area contributed by atoms with Gasteiger partial charge in [0.15, 0.2) is 0 Å². The summed E-state index contributed by atoms with van der Waals surface area (Å²) in [6.45, 7) is 0. The standard InChI is InChI=1S/C18H15N5S/c1-2-6-14(7-3-1)9-10-16-20-18(22-21-16)24-13-15-12-23-11-5-4-8-17(23)19-15/h1-12H,13H2,(H,20,21,22)/b10-9+. The fourth-order valence-electron chi connectivity index (χ4n) is 2.33. The number of pyridine rings is 1. The zero-order valence-corrected chi connectivity index (χ0v) is 13.6. The summed E-state index contributed by atoms with van der Waals surface area (Å²) in [6.07, 6.45) is 7.97. The lowest BCUT2D eigenvalue weighted by Crippen LogP contribution is -1.81. The van der Waals surface area contributed by atoms with Gasteiger partial charge < -0.3 is 4.40 Å². The Labute approximate surface area is 143 Å². The molecule has 0 bridgehead atoms. The zero-order valence-electron chi connectivity index (χ0n) is 12.8. The summed E-state index contributed by atoms with van der Waals surface area (Å²) in [6, 6.07) is 16.1. The highest BCUT2D eigenvalue weighted by Gasteiger charge is 2.05. The molecule has 118 valence electrons. The fraction of sp³-hybridized carbons (Fsp3) is 0.0556. The Morgan fingerprint density at radius 2 is 1.88 bits per heavy atom. The second-order valence-electron chi connectivity index (χ2n) is 5.23. The first-order chi connectivity index (χ1) is 11.9. The Morgan fingerprint density at radius 3 is 2.75 bits per heavy atom. The van der Waals surface area contributed by atoms with E-state index in [-0.39, 0.29) is 0 Å². The number of aromatic amines is 1. The van der Waals surface area contributed by atoms with Crippen molar-refractivity contribution in [2.75, 3.05) is 0 Å². The lowest BCUT2D eigenvalue weighted by atomic mass is 10.2. The van der Waals surface area contributed by atoms with Crippen LogP contribution in [0, 0.1) is 0 Å². The molecule has 0 spiro atoms. The maximum Gasteiger partial charge on any atom is 0.209 e. The molecule has 4 rings (SSSR count). The molecule has 24 heavy (non-hydrogen) atoms. The molecule has 0 fully saturated rings. The molecule has 1 N–H and O–H groups in total. The van der Waals surface area contributed by atoms with Crippen molar-refractivity contribution in [2.24, 2.45) is 0 Å². The molecule has 1 aromatic carbocycles. The molecule has 3 heterocycles. The molecule has 0 amide bonds. The van der Waals surface area contributed by atoms with Gasteiger partial charge in [0.2, 0.25) is 5.16 Å². The number of aromatic nitrogens is 5. The molecule has 0 unspecified atom stereocenters. The Hall–Kier alpha value is -2.86. The molecule has 0 aliphatic rings. The first kappa shape index (κ1) is 14.7. The monoisotopic (exact) mass is 333 g/mol. The Kier molecular flexibility index (Phi) is 4.12. The minimum Gasteiger partial charge on any atom is -0.307 e. The van der Waals surface area contributed by atoms with Gasteiger partial charge in [-0.15, -0.1) is 5.10 Å². The van der Waals surface area contributed by atoms with E-state index in [2.05, 4.69) is 20.2 Å². The zero-order chi connectivity index (χ0) is 16.2. The van der Waals surface area contributed by atoms with E-state index in [1.165, 1.54) is 0 Å². The number of fused-ring (bicyclic) bond motifs is 1. The summed E-state index contributed by atoms with van der Waals surface area (Å²) in [5.74, 6) is 1.48. The Balaban J connectivity index is 1.41. The van der Waals surface area contributed by atoms with Gasteiger partial charge >= 0.3 is 0 Å². The van der Waals surface area contributed by atoms with Gasteiger partial charge in [-0.3, -0.25) is 5.10 Å². The predicted molar refractivity (Wildman–Crippen MR) is 96.5 cm³/mol. The van der Waals surface area contributed by atoms with Crippen molar-refractivity contribution in [3.8, 4) is 0 Å². The van der Waals surface area contributed by atoms with Gasteiger partial charge in [-0.2, -0.15) is 0 Å². The minimum absolute atomic E-state index is 0.722. The third-order valence-electron chi connectivity index (χ3n) is 3.48. The van der Waals surface area contributed by atoms with E-state index < -0.39 is 0 Å². The van der Waals surface area contributed by atoms with E-state index in [9.17, 15) is 0 Å². The largest absolute Gasteiger partial charge is 0.307 e. The van der Waals surface area contributed by atoms with E-state index in [4.69, 9.17) is 0 Å². The highest BCUT2D eigenvalue weighted by Crippen LogP contribution is 2.19. The summed E-state index contributed by atoms with van der Waals surface area (Å²) >= 11 is 1.57. The highest BCUT2D eigenvalue weighted by atomic mass is 32.2. The van der Waals surface area contributed by atoms with E-state index in [1.54, 1.807) is 11.8 Å². The summed E-state index contributed by atoms with van der Waals surface area (Å²) in [4.78, 5) is 9.04. The van der Waals surface area contributed by atoms with Gasteiger partial charge in [-0.05, 0) is 23.8 Å². The highest BCUT2D eigenvalue weighted by molar-refractivity contribution is 7.98. The van der Waals surface area contributed by atoms with Crippen molar-refractivity contribution < 1.29 is 0 Å². The molecule has 4 aromatic rings. The van der Waals surface area contributed by atoms with Crippen molar-refractivity contribution in [1.82, 2.24) is 24.6 Å². The van der Waals surface area contributed by atoms with Crippen molar-refractivity contribution >= 4 is 29.6 Å². The second-order valence-corrected chi connectivity index (χ2v) is 6.18. The lowest BCUT2D eigenvalue weighted by molar-refractivity contribution is 0.971. The van der Waals surface area contributed by atoms with Crippen LogP contribution in [0.2, 0.25) is 0 Å². The van der Waals surface area contributed by atoms with Crippen LogP contribution >= 0.6 is 11.8 Å². The average molecular weight is 333 g/mol. The third-order valence-corrected chi connectivity index (χ3v) is 4.36. The Morgan fingerprint density at radius 1 is 1.00 bits per heavy atom. The number of hydrogen-bond acceptors (Lipinski definition) is 4. The van der Waals surface area contributed by atoms with Crippen LogP contribution in [0.4, 0.5) is 0 Å². The molecule has 5 nitrogen and oxygen atoms in total. The lowest BCUT2D eigenvalue weighted by Gasteiger charge is -1.91. The van der Waals surface area contributed by atoms with Gasteiger partial charge in [0.05, 0.1) is 5.69 Å². The van der Waals surface area contributed by atoms with Crippen molar-refractivity contribution in [3.05, 3.63) is 78.0 Å². The summed E-state index contributed by atoms with van der Waals surface area (Å²) < 4.78 is 2.02.